The molecule has 0 aliphatic heterocycles. The summed E-state index contributed by atoms with van der Waals surface area (Å²) in [5.41, 5.74) is 6.39. The quantitative estimate of drug-likeness (QED) is 0.793. The van der Waals surface area contributed by atoms with Gasteiger partial charge in [0.15, 0.2) is 0 Å². The normalized spacial score (nSPS) is 14.6. The van der Waals surface area contributed by atoms with Gasteiger partial charge in [0.1, 0.15) is 5.82 Å². The van der Waals surface area contributed by atoms with E-state index in [-0.39, 0.29) is 12.4 Å². The number of halogens is 1. The minimum absolute atomic E-state index is 0.0105. The molecule has 0 unspecified atom stereocenters. The number of benzene rings is 1. The maximum Gasteiger partial charge on any atom is 0.236 e. The first-order chi connectivity index (χ1) is 8.56. The standard InChI is InChI=1S/C13H18FN3O/c1-17(8-13(15)18)12-5-2-9(6-11(12)14)7-16-10-3-4-10/h2,5-6,10,16H,3-4,7-8H2,1H3,(H2,15,18). The fourth-order valence-corrected chi connectivity index (χ4v) is 1.84. The van der Waals surface area contributed by atoms with E-state index in [0.717, 1.165) is 5.56 Å². The van der Waals surface area contributed by atoms with Gasteiger partial charge in [-0.1, -0.05) is 6.07 Å². The molecule has 98 valence electrons. The number of nitrogens with one attached hydrogen (secondary N) is 1. The number of likely N-dealkylation sites (N-methyl/N-ethyl adjacent to an activating group) is 1. The highest BCUT2D eigenvalue weighted by molar-refractivity contribution is 5.79. The average Bonchev–Trinajstić information content (AvgIpc) is 3.09. The van der Waals surface area contributed by atoms with Gasteiger partial charge in [0, 0.05) is 19.6 Å². The number of primary amides is 1. The smallest absolute Gasteiger partial charge is 0.236 e. The van der Waals surface area contributed by atoms with Crippen molar-refractivity contribution in [1.29, 1.82) is 0 Å². The Morgan fingerprint density at radius 2 is 2.28 bits per heavy atom. The number of nitrogens with two attached hydrogens (primary N) is 1. The monoisotopic (exact) mass is 251 g/mol. The molecule has 0 atom stereocenters. The first-order valence-corrected chi connectivity index (χ1v) is 6.07. The summed E-state index contributed by atoms with van der Waals surface area (Å²) in [6, 6.07) is 5.65. The molecule has 0 radical (unpaired) electrons. The Hall–Kier alpha value is -1.62. The number of anilines is 1. The third-order valence-corrected chi connectivity index (χ3v) is 2.99. The van der Waals surface area contributed by atoms with E-state index in [0.29, 0.717) is 18.3 Å². The van der Waals surface area contributed by atoms with Crippen LogP contribution >= 0.6 is 0 Å². The maximum atomic E-state index is 13.9. The number of carbonyl (C=O) groups is 1. The number of amides is 1. The third-order valence-electron chi connectivity index (χ3n) is 2.99. The summed E-state index contributed by atoms with van der Waals surface area (Å²) < 4.78 is 13.9. The van der Waals surface area contributed by atoms with Crippen LogP contribution in [0.2, 0.25) is 0 Å². The maximum absolute atomic E-state index is 13.9. The molecule has 2 rings (SSSR count). The molecule has 3 N–H and O–H groups in total. The summed E-state index contributed by atoms with van der Waals surface area (Å²) in [4.78, 5) is 12.3. The molecule has 0 bridgehead atoms. The van der Waals surface area contributed by atoms with Crippen molar-refractivity contribution in [3.05, 3.63) is 29.6 Å². The zero-order valence-electron chi connectivity index (χ0n) is 10.4. The van der Waals surface area contributed by atoms with Crippen LogP contribution in [0.3, 0.4) is 0 Å². The van der Waals surface area contributed by atoms with Crippen molar-refractivity contribution in [2.75, 3.05) is 18.5 Å². The molecule has 1 aromatic carbocycles. The molecular weight excluding hydrogens is 233 g/mol. The Labute approximate surface area is 106 Å². The number of hydrogen-bond acceptors (Lipinski definition) is 3. The molecule has 0 heterocycles. The number of nitrogens with zero attached hydrogens (tertiary/aromatic N) is 1. The molecule has 1 fully saturated rings. The number of rotatable bonds is 6. The third kappa shape index (κ3) is 3.43. The lowest BCUT2D eigenvalue weighted by Crippen LogP contribution is -2.31. The van der Waals surface area contributed by atoms with Gasteiger partial charge >= 0.3 is 0 Å². The molecule has 1 saturated carbocycles. The Morgan fingerprint density at radius 3 is 2.83 bits per heavy atom. The molecule has 0 saturated heterocycles. The van der Waals surface area contributed by atoms with Crippen molar-refractivity contribution < 1.29 is 9.18 Å². The van der Waals surface area contributed by atoms with E-state index >= 15 is 0 Å². The van der Waals surface area contributed by atoms with Gasteiger partial charge in [-0.05, 0) is 30.5 Å². The van der Waals surface area contributed by atoms with Crippen molar-refractivity contribution in [3.63, 3.8) is 0 Å². The Bertz CT molecular complexity index is 446. The van der Waals surface area contributed by atoms with Crippen LogP contribution in [0.25, 0.3) is 0 Å². The molecular formula is C13H18FN3O. The lowest BCUT2D eigenvalue weighted by atomic mass is 10.2. The van der Waals surface area contributed by atoms with Gasteiger partial charge < -0.3 is 16.0 Å². The summed E-state index contributed by atoms with van der Waals surface area (Å²) in [6.07, 6.45) is 2.42. The van der Waals surface area contributed by atoms with E-state index in [4.69, 9.17) is 5.73 Å². The summed E-state index contributed by atoms with van der Waals surface area (Å²) in [5, 5.41) is 3.33. The van der Waals surface area contributed by atoms with Gasteiger partial charge in [0.2, 0.25) is 5.91 Å². The highest BCUT2D eigenvalue weighted by atomic mass is 19.1. The number of hydrogen-bond donors (Lipinski definition) is 2. The SMILES string of the molecule is CN(CC(N)=O)c1ccc(CNC2CC2)cc1F. The molecule has 1 amide bonds. The van der Waals surface area contributed by atoms with E-state index in [1.807, 2.05) is 6.07 Å². The zero-order chi connectivity index (χ0) is 13.1. The summed E-state index contributed by atoms with van der Waals surface area (Å²) in [6.45, 7) is 0.692. The van der Waals surface area contributed by atoms with Gasteiger partial charge in [0.25, 0.3) is 0 Å². The molecule has 0 spiro atoms. The summed E-state index contributed by atoms with van der Waals surface area (Å²) >= 11 is 0. The lowest BCUT2D eigenvalue weighted by molar-refractivity contribution is -0.116. The van der Waals surface area contributed by atoms with Gasteiger partial charge in [0.05, 0.1) is 12.2 Å². The molecule has 1 aliphatic carbocycles. The van der Waals surface area contributed by atoms with Crippen molar-refractivity contribution >= 4 is 11.6 Å². The van der Waals surface area contributed by atoms with E-state index in [1.54, 1.807) is 13.1 Å². The first kappa shape index (κ1) is 12.8. The largest absolute Gasteiger partial charge is 0.368 e. The van der Waals surface area contributed by atoms with Crippen molar-refractivity contribution in [3.8, 4) is 0 Å². The fourth-order valence-electron chi connectivity index (χ4n) is 1.84. The Morgan fingerprint density at radius 1 is 1.56 bits per heavy atom. The summed E-state index contributed by atoms with van der Waals surface area (Å²) in [7, 11) is 1.64. The molecule has 4 nitrogen and oxygen atoms in total. The van der Waals surface area contributed by atoms with Crippen LogP contribution < -0.4 is 16.0 Å². The first-order valence-electron chi connectivity index (χ1n) is 6.07. The molecule has 1 aliphatic rings. The van der Waals surface area contributed by atoms with E-state index in [1.165, 1.54) is 23.8 Å². The Kier molecular flexibility index (Phi) is 3.81. The van der Waals surface area contributed by atoms with Crippen LogP contribution in [0, 0.1) is 5.82 Å². The molecule has 1 aromatic rings. The second kappa shape index (κ2) is 5.35. The number of carbonyl (C=O) groups excluding carboxylic acids is 1. The van der Waals surface area contributed by atoms with Crippen LogP contribution in [0.1, 0.15) is 18.4 Å². The van der Waals surface area contributed by atoms with Crippen LogP contribution in [0.4, 0.5) is 10.1 Å². The predicted octanol–water partition coefficient (Wildman–Crippen LogP) is 0.999. The van der Waals surface area contributed by atoms with E-state index in [2.05, 4.69) is 5.32 Å². The van der Waals surface area contributed by atoms with Gasteiger partial charge in [-0.2, -0.15) is 0 Å². The lowest BCUT2D eigenvalue weighted by Gasteiger charge is -2.18. The van der Waals surface area contributed by atoms with Crippen molar-refractivity contribution in [2.24, 2.45) is 5.73 Å². The molecule has 18 heavy (non-hydrogen) atoms. The minimum atomic E-state index is -0.476. The van der Waals surface area contributed by atoms with Gasteiger partial charge in [-0.15, -0.1) is 0 Å². The Balaban J connectivity index is 2.01. The van der Waals surface area contributed by atoms with Gasteiger partial charge in [-0.3, -0.25) is 4.79 Å². The molecule has 5 heteroatoms. The van der Waals surface area contributed by atoms with Crippen molar-refractivity contribution in [1.82, 2.24) is 5.32 Å². The second-order valence-corrected chi connectivity index (χ2v) is 4.76. The average molecular weight is 251 g/mol. The highest BCUT2D eigenvalue weighted by Gasteiger charge is 2.20. The van der Waals surface area contributed by atoms with E-state index < -0.39 is 5.91 Å². The van der Waals surface area contributed by atoms with E-state index in [9.17, 15) is 9.18 Å². The van der Waals surface area contributed by atoms with Crippen LogP contribution in [0.5, 0.6) is 0 Å². The molecule has 0 aromatic heterocycles. The van der Waals surface area contributed by atoms with Crippen molar-refractivity contribution in [2.45, 2.75) is 25.4 Å². The highest BCUT2D eigenvalue weighted by Crippen LogP contribution is 2.22. The van der Waals surface area contributed by atoms with Crippen LogP contribution in [-0.4, -0.2) is 25.5 Å². The second-order valence-electron chi connectivity index (χ2n) is 4.76. The topological polar surface area (TPSA) is 58.4 Å². The summed E-state index contributed by atoms with van der Waals surface area (Å²) in [5.74, 6) is -0.801. The van der Waals surface area contributed by atoms with Crippen LogP contribution in [-0.2, 0) is 11.3 Å². The van der Waals surface area contributed by atoms with Gasteiger partial charge in [-0.25, -0.2) is 4.39 Å². The van der Waals surface area contributed by atoms with Crippen LogP contribution in [0.15, 0.2) is 18.2 Å². The fraction of sp³-hybridized carbons (Fsp3) is 0.462. The zero-order valence-corrected chi connectivity index (χ0v) is 10.4. The minimum Gasteiger partial charge on any atom is -0.368 e. The predicted molar refractivity (Wildman–Crippen MR) is 68.7 cm³/mol.